The third-order valence-electron chi connectivity index (χ3n) is 8.42. The number of hydrogen-bond acceptors (Lipinski definition) is 7. The van der Waals surface area contributed by atoms with Gasteiger partial charge in [-0.25, -0.2) is 0 Å². The van der Waals surface area contributed by atoms with Gasteiger partial charge in [0.15, 0.2) is 5.43 Å². The average molecular weight is 617 g/mol. The fraction of sp³-hybridized carbons (Fsp3) is 0.429. The zero-order chi connectivity index (χ0) is 32.3. The van der Waals surface area contributed by atoms with Crippen LogP contribution in [0.3, 0.4) is 0 Å². The molecule has 0 bridgehead atoms. The van der Waals surface area contributed by atoms with Gasteiger partial charge in [-0.1, -0.05) is 55.3 Å². The van der Waals surface area contributed by atoms with E-state index in [1.54, 1.807) is 30.2 Å². The Morgan fingerprint density at radius 1 is 1.07 bits per heavy atom. The zero-order valence-corrected chi connectivity index (χ0v) is 26.1. The molecule has 0 spiro atoms. The van der Waals surface area contributed by atoms with E-state index >= 15 is 0 Å². The van der Waals surface area contributed by atoms with Crippen molar-refractivity contribution in [2.75, 3.05) is 20.8 Å². The first-order valence-corrected chi connectivity index (χ1v) is 15.6. The number of aromatic amines is 1. The van der Waals surface area contributed by atoms with E-state index in [4.69, 9.17) is 20.9 Å². The number of benzene rings is 2. The summed E-state index contributed by atoms with van der Waals surface area (Å²) in [5, 5.41) is 0.667. The number of pyridine rings is 1. The number of H-pyrrole nitrogens is 1. The number of carbonyl (C=O) groups is 3. The lowest BCUT2D eigenvalue weighted by Gasteiger charge is -2.25. The molecule has 1 aliphatic heterocycles. The highest BCUT2D eigenvalue weighted by Gasteiger charge is 2.41. The Hall–Kier alpha value is -4.44. The van der Waals surface area contributed by atoms with Crippen molar-refractivity contribution in [1.82, 2.24) is 9.88 Å². The number of nitrogens with two attached hydrogens (primary N) is 2. The Labute approximate surface area is 263 Å². The van der Waals surface area contributed by atoms with Crippen LogP contribution in [0.5, 0.6) is 5.75 Å². The molecule has 2 aliphatic rings. The maximum Gasteiger partial charge on any atom is 0.309 e. The van der Waals surface area contributed by atoms with Crippen molar-refractivity contribution in [2.45, 2.75) is 63.5 Å². The molecule has 10 heteroatoms. The van der Waals surface area contributed by atoms with Crippen LogP contribution in [-0.4, -0.2) is 60.5 Å². The van der Waals surface area contributed by atoms with Gasteiger partial charge in [0.2, 0.25) is 11.8 Å². The van der Waals surface area contributed by atoms with Gasteiger partial charge in [0.1, 0.15) is 11.8 Å². The summed E-state index contributed by atoms with van der Waals surface area (Å²) in [5.74, 6) is 0.402. The number of nitrogens with one attached hydrogen (secondary N) is 1. The SMILES string of the molecule is COC(=O)C1CC1/C=C\CCCCC[C@H](N)C(=O)N1CCCC1C(N)=O.COc1ccc2c(=O)cc(-c3ccccc3)[nH]c2c1. The second-order valence-corrected chi connectivity index (χ2v) is 11.6. The van der Waals surface area contributed by atoms with E-state index in [-0.39, 0.29) is 23.2 Å². The van der Waals surface area contributed by atoms with Crippen LogP contribution in [0.4, 0.5) is 0 Å². The Kier molecular flexibility index (Phi) is 11.9. The Morgan fingerprint density at radius 3 is 2.56 bits per heavy atom. The van der Waals surface area contributed by atoms with Crippen molar-refractivity contribution in [3.63, 3.8) is 0 Å². The fourth-order valence-corrected chi connectivity index (χ4v) is 5.72. The molecule has 3 unspecified atom stereocenters. The topological polar surface area (TPSA) is 158 Å². The number of allylic oxidation sites excluding steroid dienone is 2. The van der Waals surface area contributed by atoms with Crippen LogP contribution < -0.4 is 21.6 Å². The molecule has 45 heavy (non-hydrogen) atoms. The molecule has 2 heterocycles. The maximum absolute atomic E-state index is 12.4. The summed E-state index contributed by atoms with van der Waals surface area (Å²) < 4.78 is 9.91. The molecule has 1 aliphatic carbocycles. The van der Waals surface area contributed by atoms with E-state index in [0.29, 0.717) is 30.7 Å². The first-order valence-electron chi connectivity index (χ1n) is 15.6. The second kappa shape index (κ2) is 16.0. The van der Waals surface area contributed by atoms with Crippen molar-refractivity contribution >= 4 is 28.7 Å². The largest absolute Gasteiger partial charge is 0.497 e. The maximum atomic E-state index is 12.4. The Morgan fingerprint density at radius 2 is 1.84 bits per heavy atom. The van der Waals surface area contributed by atoms with Crippen LogP contribution in [0, 0.1) is 11.8 Å². The van der Waals surface area contributed by atoms with Crippen LogP contribution >= 0.6 is 0 Å². The number of primary amides is 1. The van der Waals surface area contributed by atoms with E-state index in [1.807, 2.05) is 36.4 Å². The van der Waals surface area contributed by atoms with E-state index in [0.717, 1.165) is 61.0 Å². The number of likely N-dealkylation sites (tertiary alicyclic amines) is 1. The molecular formula is C35H44N4O6. The highest BCUT2D eigenvalue weighted by atomic mass is 16.5. The van der Waals surface area contributed by atoms with Crippen LogP contribution in [0.25, 0.3) is 22.2 Å². The predicted octanol–water partition coefficient (Wildman–Crippen LogP) is 4.31. The molecule has 1 saturated carbocycles. The number of carbonyl (C=O) groups excluding carboxylic acids is 3. The number of hydrogen-bond donors (Lipinski definition) is 3. The second-order valence-electron chi connectivity index (χ2n) is 11.6. The molecule has 10 nitrogen and oxygen atoms in total. The third kappa shape index (κ3) is 9.04. The van der Waals surface area contributed by atoms with E-state index in [1.165, 1.54) is 7.11 Å². The molecule has 3 aromatic rings. The fourth-order valence-electron chi connectivity index (χ4n) is 5.72. The quantitative estimate of drug-likeness (QED) is 0.155. The van der Waals surface area contributed by atoms with Crippen molar-refractivity contribution in [2.24, 2.45) is 23.3 Å². The smallest absolute Gasteiger partial charge is 0.309 e. The number of fused-ring (bicyclic) bond motifs is 1. The van der Waals surface area contributed by atoms with Crippen LogP contribution in [0.1, 0.15) is 51.4 Å². The molecule has 0 radical (unpaired) electrons. The zero-order valence-electron chi connectivity index (χ0n) is 26.1. The number of unbranched alkanes of at least 4 members (excludes halogenated alkanes) is 3. The molecule has 2 fully saturated rings. The van der Waals surface area contributed by atoms with Crippen molar-refractivity contribution in [3.8, 4) is 17.0 Å². The molecule has 1 saturated heterocycles. The lowest BCUT2D eigenvalue weighted by atomic mass is 10.1. The Bertz CT molecular complexity index is 1550. The summed E-state index contributed by atoms with van der Waals surface area (Å²) in [4.78, 5) is 52.0. The predicted molar refractivity (Wildman–Crippen MR) is 174 cm³/mol. The van der Waals surface area contributed by atoms with E-state index < -0.39 is 18.0 Å². The summed E-state index contributed by atoms with van der Waals surface area (Å²) in [5.41, 5.74) is 13.9. The molecule has 1 aromatic heterocycles. The number of amides is 2. The minimum absolute atomic E-state index is 0.00950. The van der Waals surface area contributed by atoms with Crippen molar-refractivity contribution < 1.29 is 23.9 Å². The lowest BCUT2D eigenvalue weighted by Crippen LogP contribution is -2.50. The van der Waals surface area contributed by atoms with Gasteiger partial charge < -0.3 is 30.8 Å². The van der Waals surface area contributed by atoms with Gasteiger partial charge in [-0.3, -0.25) is 19.2 Å². The number of methoxy groups -OCH3 is 2. The number of aromatic nitrogens is 1. The van der Waals surface area contributed by atoms with Gasteiger partial charge in [0.25, 0.3) is 0 Å². The molecular weight excluding hydrogens is 572 g/mol. The number of esters is 1. The Balaban J connectivity index is 0.000000214. The molecule has 2 amide bonds. The number of rotatable bonds is 12. The summed E-state index contributed by atoms with van der Waals surface area (Å²) in [6, 6.07) is 15.8. The van der Waals surface area contributed by atoms with E-state index in [2.05, 4.69) is 17.1 Å². The van der Waals surface area contributed by atoms with Crippen LogP contribution in [0.15, 0.2) is 71.5 Å². The van der Waals surface area contributed by atoms with Gasteiger partial charge in [-0.05, 0) is 62.1 Å². The molecule has 5 N–H and O–H groups in total. The summed E-state index contributed by atoms with van der Waals surface area (Å²) in [6.07, 6.45) is 11.0. The molecule has 4 atom stereocenters. The van der Waals surface area contributed by atoms with Crippen molar-refractivity contribution in [3.05, 3.63) is 77.0 Å². The molecule has 240 valence electrons. The monoisotopic (exact) mass is 616 g/mol. The van der Waals surface area contributed by atoms with Gasteiger partial charge >= 0.3 is 5.97 Å². The van der Waals surface area contributed by atoms with Gasteiger partial charge in [0, 0.05) is 29.8 Å². The average Bonchev–Trinajstić information content (AvgIpc) is 3.66. The normalized spacial score (nSPS) is 19.5. The highest BCUT2D eigenvalue weighted by molar-refractivity contribution is 5.89. The van der Waals surface area contributed by atoms with E-state index in [9.17, 15) is 19.2 Å². The number of ether oxygens (including phenoxy) is 2. The van der Waals surface area contributed by atoms with Gasteiger partial charge in [-0.15, -0.1) is 0 Å². The molecule has 2 aromatic carbocycles. The minimum Gasteiger partial charge on any atom is -0.497 e. The highest BCUT2D eigenvalue weighted by Crippen LogP contribution is 2.40. The summed E-state index contributed by atoms with van der Waals surface area (Å²) in [7, 11) is 3.04. The lowest BCUT2D eigenvalue weighted by molar-refractivity contribution is -0.142. The summed E-state index contributed by atoms with van der Waals surface area (Å²) in [6.45, 7) is 0.568. The minimum atomic E-state index is -0.558. The first-order chi connectivity index (χ1) is 21.7. The van der Waals surface area contributed by atoms with Gasteiger partial charge in [0.05, 0.1) is 31.7 Å². The van der Waals surface area contributed by atoms with Gasteiger partial charge in [-0.2, -0.15) is 0 Å². The van der Waals surface area contributed by atoms with Crippen LogP contribution in [0.2, 0.25) is 0 Å². The first kappa shape index (κ1) is 33.5. The number of nitrogens with zero attached hydrogens (tertiary/aromatic N) is 1. The standard InChI is InChI=1S/C19H31N3O4.C16H13NO2/c1-26-19(25)14-12-13(14)8-5-3-2-4-6-9-15(20)18(24)22-11-7-10-16(22)17(21)23;1-19-12-7-8-13-15(9-12)17-14(10-16(13)18)11-5-3-2-4-6-11/h5,8,13-16H,2-4,6-7,9-12,20H2,1H3,(H2,21,23);2-10H,1H3,(H,17,18)/b8-5-;/t13?,14?,15-,16?;/m0./s1. The van der Waals surface area contributed by atoms with Crippen molar-refractivity contribution in [1.29, 1.82) is 0 Å². The third-order valence-corrected chi connectivity index (χ3v) is 8.42. The molecule has 5 rings (SSSR count). The summed E-state index contributed by atoms with van der Waals surface area (Å²) >= 11 is 0. The van der Waals surface area contributed by atoms with Crippen LogP contribution in [-0.2, 0) is 19.1 Å².